The Balaban J connectivity index is 2.56. The third-order valence-electron chi connectivity index (χ3n) is 1.85. The van der Waals surface area contributed by atoms with Crippen molar-refractivity contribution in [1.82, 2.24) is 5.01 Å². The molecule has 2 N–H and O–H groups in total. The molecule has 6 heteroatoms. The normalized spacial score (nSPS) is 26.1. The molecule has 1 fully saturated rings. The fourth-order valence-corrected chi connectivity index (χ4v) is 1.28. The summed E-state index contributed by atoms with van der Waals surface area (Å²) >= 11 is 0. The molecule has 0 aromatic carbocycles. The van der Waals surface area contributed by atoms with Crippen molar-refractivity contribution in [2.75, 3.05) is 13.2 Å². The van der Waals surface area contributed by atoms with Gasteiger partial charge in [-0.1, -0.05) is 0 Å². The number of hydrogen-bond acceptors (Lipinski definition) is 3. The zero-order valence-electron chi connectivity index (χ0n) is 6.05. The fraction of sp³-hybridized carbons (Fsp3) is 1.00. The lowest BCUT2D eigenvalue weighted by Crippen LogP contribution is -2.37. The minimum atomic E-state index is -0.191. The van der Waals surface area contributed by atoms with Crippen molar-refractivity contribution in [3.05, 3.63) is 5.21 Å². The maximum Gasteiger partial charge on any atom is 0.230 e. The highest BCUT2D eigenvalue weighted by Crippen LogP contribution is 2.15. The third kappa shape index (κ3) is 1.51. The van der Waals surface area contributed by atoms with Crippen LogP contribution < -0.4 is 0 Å². The lowest BCUT2D eigenvalue weighted by molar-refractivity contribution is -0.713. The molecule has 0 spiro atoms. The molecule has 1 atom stereocenters. The summed E-state index contributed by atoms with van der Waals surface area (Å²) in [5, 5.41) is 31.3. The van der Waals surface area contributed by atoms with Crippen molar-refractivity contribution in [2.45, 2.75) is 18.9 Å². The molecule has 0 aromatic rings. The van der Waals surface area contributed by atoms with E-state index in [1.165, 1.54) is 5.01 Å². The van der Waals surface area contributed by atoms with Crippen LogP contribution in [0.2, 0.25) is 0 Å². The van der Waals surface area contributed by atoms with Crippen LogP contribution in [0.4, 0.5) is 0 Å². The summed E-state index contributed by atoms with van der Waals surface area (Å²) in [6, 6.07) is -0.191. The number of aliphatic hydroxyl groups is 1. The summed E-state index contributed by atoms with van der Waals surface area (Å²) in [6.07, 6.45) is 1.62. The highest BCUT2D eigenvalue weighted by molar-refractivity contribution is 4.71. The molecule has 0 aliphatic carbocycles. The summed E-state index contributed by atoms with van der Waals surface area (Å²) in [4.78, 5) is 0.119. The fourth-order valence-electron chi connectivity index (χ4n) is 1.28. The second-order valence-electron chi connectivity index (χ2n) is 2.48. The summed E-state index contributed by atoms with van der Waals surface area (Å²) in [6.45, 7) is 0.465. The van der Waals surface area contributed by atoms with Gasteiger partial charge in [-0.3, -0.25) is 0 Å². The topological polar surface area (TPSA) is 82.1 Å². The number of rotatable bonds is 2. The predicted molar refractivity (Wildman–Crippen MR) is 34.7 cm³/mol. The van der Waals surface area contributed by atoms with Gasteiger partial charge in [0.15, 0.2) is 0 Å². The molecular weight excluding hydrogens is 150 g/mol. The smallest absolute Gasteiger partial charge is 0.230 e. The molecule has 1 rings (SSSR count). The van der Waals surface area contributed by atoms with E-state index in [0.29, 0.717) is 6.54 Å². The van der Waals surface area contributed by atoms with Gasteiger partial charge in [0, 0.05) is 0 Å². The molecule has 0 aromatic heterocycles. The Bertz CT molecular complexity index is 161. The van der Waals surface area contributed by atoms with Crippen LogP contribution in [0.25, 0.3) is 0 Å². The number of hydrogen-bond donors (Lipinski definition) is 2. The molecule has 64 valence electrons. The number of aliphatic hydroxyl groups excluding tert-OH is 1. The maximum atomic E-state index is 10.7. The first-order chi connectivity index (χ1) is 5.29. The van der Waals surface area contributed by atoms with Gasteiger partial charge >= 0.3 is 0 Å². The highest BCUT2D eigenvalue weighted by Gasteiger charge is 2.30. The van der Waals surface area contributed by atoms with E-state index in [2.05, 4.69) is 5.28 Å². The van der Waals surface area contributed by atoms with Crippen LogP contribution in [0.3, 0.4) is 0 Å². The largest absolute Gasteiger partial charge is 0.569 e. The van der Waals surface area contributed by atoms with Gasteiger partial charge in [0.05, 0.1) is 18.1 Å². The Morgan fingerprint density at radius 3 is 3.00 bits per heavy atom. The standard InChI is InChI=1S/C5H11N3O3/c9-4-5-2-1-3-7(5)8(11)6-10/h5,9-10H,1-4H2/b8-6-/t5-/m0/s1. The minimum absolute atomic E-state index is 0.0751. The van der Waals surface area contributed by atoms with E-state index in [1.807, 2.05) is 0 Å². The van der Waals surface area contributed by atoms with E-state index in [0.717, 1.165) is 12.8 Å². The van der Waals surface area contributed by atoms with Gasteiger partial charge in [0.25, 0.3) is 0 Å². The van der Waals surface area contributed by atoms with E-state index in [1.54, 1.807) is 0 Å². The van der Waals surface area contributed by atoms with Gasteiger partial charge in [-0.25, -0.2) is 0 Å². The number of nitrogens with zero attached hydrogens (tertiary/aromatic N) is 3. The van der Waals surface area contributed by atoms with Crippen molar-refractivity contribution in [3.8, 4) is 0 Å². The van der Waals surface area contributed by atoms with E-state index >= 15 is 0 Å². The molecule has 0 bridgehead atoms. The van der Waals surface area contributed by atoms with Crippen LogP contribution in [0.15, 0.2) is 5.28 Å². The van der Waals surface area contributed by atoms with Crippen LogP contribution in [-0.4, -0.2) is 39.5 Å². The Morgan fingerprint density at radius 2 is 2.45 bits per heavy atom. The molecule has 0 unspecified atom stereocenters. The Morgan fingerprint density at radius 1 is 1.73 bits per heavy atom. The second-order valence-corrected chi connectivity index (χ2v) is 2.48. The third-order valence-corrected chi connectivity index (χ3v) is 1.85. The summed E-state index contributed by atoms with van der Waals surface area (Å²) in [7, 11) is 0. The quantitative estimate of drug-likeness (QED) is 0.331. The first-order valence-electron chi connectivity index (χ1n) is 3.49. The van der Waals surface area contributed by atoms with E-state index in [-0.39, 0.29) is 17.6 Å². The van der Waals surface area contributed by atoms with E-state index in [4.69, 9.17) is 10.3 Å². The van der Waals surface area contributed by atoms with Crippen LogP contribution in [-0.2, 0) is 0 Å². The predicted octanol–water partition coefficient (Wildman–Crippen LogP) is -0.290. The van der Waals surface area contributed by atoms with Gasteiger partial charge in [-0.2, -0.15) is 0 Å². The second kappa shape index (κ2) is 3.38. The minimum Gasteiger partial charge on any atom is -0.569 e. The summed E-state index contributed by atoms with van der Waals surface area (Å²) in [5.74, 6) is 0. The SMILES string of the molecule is [O-]/[N+](=N\O)N1CCC[C@H]1CO. The average molecular weight is 161 g/mol. The molecule has 0 saturated carbocycles. The monoisotopic (exact) mass is 161 g/mol. The molecule has 1 heterocycles. The van der Waals surface area contributed by atoms with Gasteiger partial charge in [0.1, 0.15) is 6.04 Å². The molecule has 11 heavy (non-hydrogen) atoms. The van der Waals surface area contributed by atoms with Crippen LogP contribution in [0.1, 0.15) is 12.8 Å². The van der Waals surface area contributed by atoms with Crippen LogP contribution in [0.5, 0.6) is 0 Å². The molecule has 1 saturated heterocycles. The maximum absolute atomic E-state index is 10.7. The molecular formula is C5H11N3O3. The van der Waals surface area contributed by atoms with Gasteiger partial charge in [-0.05, 0) is 12.8 Å². The Hall–Kier alpha value is -1.04. The van der Waals surface area contributed by atoms with Crippen molar-refractivity contribution in [3.63, 3.8) is 0 Å². The van der Waals surface area contributed by atoms with E-state index < -0.39 is 0 Å². The van der Waals surface area contributed by atoms with Gasteiger partial charge < -0.3 is 15.5 Å². The molecule has 1 aliphatic heterocycles. The van der Waals surface area contributed by atoms with Crippen LogP contribution in [0, 0.1) is 5.21 Å². The lowest BCUT2D eigenvalue weighted by atomic mass is 10.2. The lowest BCUT2D eigenvalue weighted by Gasteiger charge is -2.16. The van der Waals surface area contributed by atoms with Crippen molar-refractivity contribution in [1.29, 1.82) is 0 Å². The summed E-state index contributed by atoms with van der Waals surface area (Å²) in [5.41, 5.74) is 0. The molecule has 6 nitrogen and oxygen atoms in total. The Labute approximate surface area is 63.9 Å². The Kier molecular flexibility index (Phi) is 2.48. The zero-order valence-corrected chi connectivity index (χ0v) is 6.05. The molecule has 1 aliphatic rings. The average Bonchev–Trinajstić information content (AvgIpc) is 2.50. The van der Waals surface area contributed by atoms with Crippen LogP contribution >= 0.6 is 0 Å². The van der Waals surface area contributed by atoms with Crippen molar-refractivity contribution in [2.24, 2.45) is 5.28 Å². The first-order valence-corrected chi connectivity index (χ1v) is 3.49. The number of hydrazine groups is 1. The summed E-state index contributed by atoms with van der Waals surface area (Å²) < 4.78 is 0. The van der Waals surface area contributed by atoms with Gasteiger partial charge in [0.2, 0.25) is 5.28 Å². The molecule has 0 amide bonds. The zero-order chi connectivity index (χ0) is 8.27. The van der Waals surface area contributed by atoms with Gasteiger partial charge in [-0.15, -0.1) is 5.01 Å². The van der Waals surface area contributed by atoms with Crippen molar-refractivity contribution >= 4 is 0 Å². The van der Waals surface area contributed by atoms with E-state index in [9.17, 15) is 5.21 Å². The van der Waals surface area contributed by atoms with Crippen molar-refractivity contribution < 1.29 is 15.3 Å². The highest BCUT2D eigenvalue weighted by atomic mass is 16.6. The molecule has 0 radical (unpaired) electrons. The first kappa shape index (κ1) is 8.06.